The first kappa shape index (κ1) is 13.5. The van der Waals surface area contributed by atoms with Gasteiger partial charge in [-0.3, -0.25) is 4.68 Å². The number of ether oxygens (including phenoxy) is 1. The Morgan fingerprint density at radius 3 is 2.83 bits per heavy atom. The van der Waals surface area contributed by atoms with Crippen molar-refractivity contribution in [3.05, 3.63) is 12.4 Å². The van der Waals surface area contributed by atoms with Crippen LogP contribution in [-0.2, 0) is 21.3 Å². The van der Waals surface area contributed by atoms with Crippen LogP contribution in [-0.4, -0.2) is 62.4 Å². The Morgan fingerprint density at radius 2 is 2.17 bits per heavy atom. The van der Waals surface area contributed by atoms with Gasteiger partial charge in [0.25, 0.3) is 0 Å². The Kier molecular flexibility index (Phi) is 4.33. The summed E-state index contributed by atoms with van der Waals surface area (Å²) < 4.78 is 32.6. The highest BCUT2D eigenvalue weighted by atomic mass is 32.2. The maximum absolute atomic E-state index is 12.3. The van der Waals surface area contributed by atoms with Gasteiger partial charge in [0, 0.05) is 39.5 Å². The molecule has 1 aromatic rings. The number of nitrogens with zero attached hydrogens (tertiary/aromatic N) is 3. The smallest absolute Gasteiger partial charge is 0.246 e. The number of hydrogen-bond acceptors (Lipinski definition) is 5. The zero-order valence-electron chi connectivity index (χ0n) is 10.4. The molecule has 1 aliphatic rings. The molecule has 2 rings (SSSR count). The molecule has 1 saturated heterocycles. The molecule has 1 aromatic heterocycles. The van der Waals surface area contributed by atoms with E-state index in [1.54, 1.807) is 18.0 Å². The second kappa shape index (κ2) is 5.79. The fourth-order valence-electron chi connectivity index (χ4n) is 1.82. The summed E-state index contributed by atoms with van der Waals surface area (Å²) in [5, 5.41) is 7.16. The molecule has 0 bridgehead atoms. The Balaban J connectivity index is 2.11. The van der Waals surface area contributed by atoms with Crippen LogP contribution < -0.4 is 5.32 Å². The molecule has 2 heterocycles. The number of aromatic nitrogens is 2. The summed E-state index contributed by atoms with van der Waals surface area (Å²) in [7, 11) is -1.80. The number of piperazine rings is 1. The third-order valence-corrected chi connectivity index (χ3v) is 4.70. The van der Waals surface area contributed by atoms with Crippen LogP contribution in [0.3, 0.4) is 0 Å². The van der Waals surface area contributed by atoms with E-state index >= 15 is 0 Å². The Hall–Kier alpha value is -0.960. The van der Waals surface area contributed by atoms with Gasteiger partial charge < -0.3 is 10.1 Å². The maximum atomic E-state index is 12.3. The van der Waals surface area contributed by atoms with E-state index in [0.29, 0.717) is 39.3 Å². The minimum absolute atomic E-state index is 0.250. The third kappa shape index (κ3) is 2.89. The molecule has 7 nitrogen and oxygen atoms in total. The lowest BCUT2D eigenvalue weighted by Gasteiger charge is -2.25. The lowest BCUT2D eigenvalue weighted by Crippen LogP contribution is -2.46. The molecule has 0 saturated carbocycles. The lowest BCUT2D eigenvalue weighted by atomic mass is 10.4. The zero-order chi connectivity index (χ0) is 13.0. The van der Waals surface area contributed by atoms with E-state index < -0.39 is 10.0 Å². The van der Waals surface area contributed by atoms with Crippen molar-refractivity contribution in [1.29, 1.82) is 0 Å². The van der Waals surface area contributed by atoms with E-state index in [2.05, 4.69) is 10.4 Å². The van der Waals surface area contributed by atoms with Crippen molar-refractivity contribution in [2.45, 2.75) is 11.4 Å². The largest absolute Gasteiger partial charge is 0.383 e. The average molecular weight is 274 g/mol. The summed E-state index contributed by atoms with van der Waals surface area (Å²) in [4.78, 5) is 0.250. The minimum atomic E-state index is -3.40. The summed E-state index contributed by atoms with van der Waals surface area (Å²) in [5.41, 5.74) is 0. The quantitative estimate of drug-likeness (QED) is 0.755. The SMILES string of the molecule is COCCn1cc(S(=O)(=O)N2CCNCC2)cn1. The predicted molar refractivity (Wildman–Crippen MR) is 65.7 cm³/mol. The second-order valence-electron chi connectivity index (χ2n) is 4.09. The van der Waals surface area contributed by atoms with E-state index in [9.17, 15) is 8.42 Å². The van der Waals surface area contributed by atoms with Crippen LogP contribution >= 0.6 is 0 Å². The molecule has 0 unspecified atom stereocenters. The van der Waals surface area contributed by atoms with Crippen molar-refractivity contribution in [2.24, 2.45) is 0 Å². The van der Waals surface area contributed by atoms with Gasteiger partial charge in [-0.1, -0.05) is 0 Å². The van der Waals surface area contributed by atoms with E-state index in [-0.39, 0.29) is 4.90 Å². The summed E-state index contributed by atoms with van der Waals surface area (Å²) in [6.45, 7) is 3.45. The van der Waals surface area contributed by atoms with E-state index in [0.717, 1.165) is 0 Å². The molecular weight excluding hydrogens is 256 g/mol. The van der Waals surface area contributed by atoms with Gasteiger partial charge in [0.05, 0.1) is 19.3 Å². The van der Waals surface area contributed by atoms with Gasteiger partial charge >= 0.3 is 0 Å². The van der Waals surface area contributed by atoms with Crippen molar-refractivity contribution in [3.63, 3.8) is 0 Å². The van der Waals surface area contributed by atoms with Crippen molar-refractivity contribution >= 4 is 10.0 Å². The normalized spacial score (nSPS) is 18.1. The number of nitrogens with one attached hydrogen (secondary N) is 1. The van der Waals surface area contributed by atoms with Crippen molar-refractivity contribution in [2.75, 3.05) is 39.9 Å². The Labute approximate surface area is 107 Å². The van der Waals surface area contributed by atoms with Gasteiger partial charge in [0.1, 0.15) is 4.90 Å². The van der Waals surface area contributed by atoms with Crippen LogP contribution in [0.4, 0.5) is 0 Å². The van der Waals surface area contributed by atoms with Gasteiger partial charge in [0.2, 0.25) is 10.0 Å². The van der Waals surface area contributed by atoms with Crippen LogP contribution in [0.1, 0.15) is 0 Å². The van der Waals surface area contributed by atoms with Crippen LogP contribution in [0, 0.1) is 0 Å². The average Bonchev–Trinajstić information content (AvgIpc) is 2.87. The molecule has 0 spiro atoms. The first-order valence-electron chi connectivity index (χ1n) is 5.87. The van der Waals surface area contributed by atoms with Crippen LogP contribution in [0.5, 0.6) is 0 Å². The second-order valence-corrected chi connectivity index (χ2v) is 6.02. The topological polar surface area (TPSA) is 76.5 Å². The first-order valence-corrected chi connectivity index (χ1v) is 7.31. The Bertz CT molecular complexity index is 479. The number of sulfonamides is 1. The van der Waals surface area contributed by atoms with E-state index in [1.807, 2.05) is 0 Å². The maximum Gasteiger partial charge on any atom is 0.246 e. The molecule has 0 amide bonds. The van der Waals surface area contributed by atoms with Crippen molar-refractivity contribution in [1.82, 2.24) is 19.4 Å². The molecule has 0 aliphatic carbocycles. The molecule has 18 heavy (non-hydrogen) atoms. The monoisotopic (exact) mass is 274 g/mol. The molecular formula is C10H18N4O3S. The van der Waals surface area contributed by atoms with E-state index in [1.165, 1.54) is 10.5 Å². The van der Waals surface area contributed by atoms with Crippen LogP contribution in [0.15, 0.2) is 17.3 Å². The molecule has 102 valence electrons. The van der Waals surface area contributed by atoms with Gasteiger partial charge in [-0.2, -0.15) is 9.40 Å². The molecule has 0 atom stereocenters. The molecule has 1 fully saturated rings. The molecule has 0 radical (unpaired) electrons. The highest BCUT2D eigenvalue weighted by Gasteiger charge is 2.26. The van der Waals surface area contributed by atoms with Gasteiger partial charge in [0.15, 0.2) is 0 Å². The molecule has 8 heteroatoms. The predicted octanol–water partition coefficient (Wildman–Crippen LogP) is -0.877. The Morgan fingerprint density at radius 1 is 1.44 bits per heavy atom. The highest BCUT2D eigenvalue weighted by Crippen LogP contribution is 2.15. The number of rotatable bonds is 5. The minimum Gasteiger partial charge on any atom is -0.383 e. The highest BCUT2D eigenvalue weighted by molar-refractivity contribution is 7.89. The number of methoxy groups -OCH3 is 1. The summed E-state index contributed by atoms with van der Waals surface area (Å²) in [5.74, 6) is 0. The van der Waals surface area contributed by atoms with E-state index in [4.69, 9.17) is 4.74 Å². The standard InChI is InChI=1S/C10H18N4O3S/c1-17-7-6-13-9-10(8-12-13)18(15,16)14-4-2-11-3-5-14/h8-9,11H,2-7H2,1H3. The fraction of sp³-hybridized carbons (Fsp3) is 0.700. The van der Waals surface area contributed by atoms with Crippen molar-refractivity contribution < 1.29 is 13.2 Å². The van der Waals surface area contributed by atoms with Crippen LogP contribution in [0.25, 0.3) is 0 Å². The van der Waals surface area contributed by atoms with Gasteiger partial charge in [-0.15, -0.1) is 0 Å². The summed E-state index contributed by atoms with van der Waals surface area (Å²) in [6.07, 6.45) is 2.95. The zero-order valence-corrected chi connectivity index (χ0v) is 11.2. The van der Waals surface area contributed by atoms with Crippen LogP contribution in [0.2, 0.25) is 0 Å². The summed E-state index contributed by atoms with van der Waals surface area (Å²) >= 11 is 0. The third-order valence-electron chi connectivity index (χ3n) is 2.85. The summed E-state index contributed by atoms with van der Waals surface area (Å²) in [6, 6.07) is 0. The van der Waals surface area contributed by atoms with Gasteiger partial charge in [-0.05, 0) is 0 Å². The number of hydrogen-bond donors (Lipinski definition) is 1. The molecule has 0 aromatic carbocycles. The fourth-order valence-corrected chi connectivity index (χ4v) is 3.22. The van der Waals surface area contributed by atoms with Crippen molar-refractivity contribution in [3.8, 4) is 0 Å². The molecule has 1 aliphatic heterocycles. The van der Waals surface area contributed by atoms with Gasteiger partial charge in [-0.25, -0.2) is 8.42 Å². The lowest BCUT2D eigenvalue weighted by molar-refractivity contribution is 0.183. The molecule has 1 N–H and O–H groups in total. The first-order chi connectivity index (χ1) is 8.64.